The minimum atomic E-state index is 0.0628. The standard InChI is InChI=1S/C24H30N2O3/c1-25-23(27)12-11-19-7-9-20(10-8-19)17-21-13-15-26(16-14-21)24(28)18-29-22-5-3-2-4-6-22/h2-10,21H,11-18H2,1H3,(H,25,27). The topological polar surface area (TPSA) is 58.6 Å². The van der Waals surface area contributed by atoms with Crippen LogP contribution < -0.4 is 10.1 Å². The van der Waals surface area contributed by atoms with E-state index in [-0.39, 0.29) is 18.4 Å². The van der Waals surface area contributed by atoms with Crippen molar-refractivity contribution in [3.63, 3.8) is 0 Å². The molecule has 5 nitrogen and oxygen atoms in total. The van der Waals surface area contributed by atoms with Crippen LogP contribution in [0, 0.1) is 5.92 Å². The van der Waals surface area contributed by atoms with Gasteiger partial charge in [0.25, 0.3) is 5.91 Å². The Hall–Kier alpha value is -2.82. The molecule has 0 unspecified atom stereocenters. The summed E-state index contributed by atoms with van der Waals surface area (Å²) in [6.45, 7) is 1.70. The Morgan fingerprint density at radius 1 is 1.00 bits per heavy atom. The first-order chi connectivity index (χ1) is 14.1. The van der Waals surface area contributed by atoms with E-state index in [0.717, 1.165) is 44.5 Å². The average molecular weight is 395 g/mol. The van der Waals surface area contributed by atoms with Gasteiger partial charge in [-0.3, -0.25) is 9.59 Å². The summed E-state index contributed by atoms with van der Waals surface area (Å²) in [6, 6.07) is 18.1. The van der Waals surface area contributed by atoms with Crippen molar-refractivity contribution in [1.29, 1.82) is 0 Å². The monoisotopic (exact) mass is 394 g/mol. The van der Waals surface area contributed by atoms with Crippen molar-refractivity contribution in [3.05, 3.63) is 65.7 Å². The van der Waals surface area contributed by atoms with E-state index in [4.69, 9.17) is 4.74 Å². The van der Waals surface area contributed by atoms with Gasteiger partial charge >= 0.3 is 0 Å². The molecule has 0 spiro atoms. The Morgan fingerprint density at radius 2 is 1.66 bits per heavy atom. The molecule has 1 aliphatic heterocycles. The Balaban J connectivity index is 1.39. The van der Waals surface area contributed by atoms with Gasteiger partial charge in [-0.15, -0.1) is 0 Å². The van der Waals surface area contributed by atoms with Crippen LogP contribution in [0.5, 0.6) is 5.75 Å². The molecule has 2 amide bonds. The van der Waals surface area contributed by atoms with Crippen LogP contribution in [-0.2, 0) is 22.4 Å². The Bertz CT molecular complexity index is 782. The number of ether oxygens (including phenoxy) is 1. The molecular formula is C24H30N2O3. The second-order valence-corrected chi connectivity index (χ2v) is 7.62. The highest BCUT2D eigenvalue weighted by atomic mass is 16.5. The molecule has 2 aromatic carbocycles. The summed E-state index contributed by atoms with van der Waals surface area (Å²) in [5.41, 5.74) is 2.52. The van der Waals surface area contributed by atoms with Crippen molar-refractivity contribution < 1.29 is 14.3 Å². The number of hydrogen-bond donors (Lipinski definition) is 1. The van der Waals surface area contributed by atoms with Gasteiger partial charge in [0.05, 0.1) is 0 Å². The fraction of sp³-hybridized carbons (Fsp3) is 0.417. The second kappa shape index (κ2) is 10.6. The number of aryl methyl sites for hydroxylation is 1. The normalized spacial score (nSPS) is 14.4. The van der Waals surface area contributed by atoms with Gasteiger partial charge in [-0.2, -0.15) is 0 Å². The molecule has 3 rings (SSSR count). The summed E-state index contributed by atoms with van der Waals surface area (Å²) in [7, 11) is 1.67. The van der Waals surface area contributed by atoms with Gasteiger partial charge in [-0.1, -0.05) is 42.5 Å². The summed E-state index contributed by atoms with van der Waals surface area (Å²) in [4.78, 5) is 25.7. The number of nitrogens with one attached hydrogen (secondary N) is 1. The lowest BCUT2D eigenvalue weighted by Gasteiger charge is -2.32. The number of carbonyl (C=O) groups excluding carboxylic acids is 2. The summed E-state index contributed by atoms with van der Waals surface area (Å²) in [5, 5.41) is 2.65. The zero-order valence-electron chi connectivity index (χ0n) is 17.1. The average Bonchev–Trinajstić information content (AvgIpc) is 2.78. The fourth-order valence-electron chi connectivity index (χ4n) is 3.70. The number of rotatable bonds is 8. The van der Waals surface area contributed by atoms with E-state index in [0.29, 0.717) is 12.3 Å². The van der Waals surface area contributed by atoms with E-state index in [1.54, 1.807) is 7.05 Å². The molecule has 1 aliphatic rings. The molecular weight excluding hydrogens is 364 g/mol. The zero-order chi connectivity index (χ0) is 20.5. The summed E-state index contributed by atoms with van der Waals surface area (Å²) < 4.78 is 5.58. The van der Waals surface area contributed by atoms with Gasteiger partial charge in [0, 0.05) is 26.6 Å². The van der Waals surface area contributed by atoms with Crippen molar-refractivity contribution in [3.8, 4) is 5.75 Å². The van der Waals surface area contributed by atoms with Crippen LogP contribution >= 0.6 is 0 Å². The maximum absolute atomic E-state index is 12.4. The number of likely N-dealkylation sites (tertiary alicyclic amines) is 1. The van der Waals surface area contributed by atoms with Crippen LogP contribution in [0.1, 0.15) is 30.4 Å². The first kappa shape index (κ1) is 20.9. The lowest BCUT2D eigenvalue weighted by Crippen LogP contribution is -2.41. The van der Waals surface area contributed by atoms with Crippen molar-refractivity contribution >= 4 is 11.8 Å². The van der Waals surface area contributed by atoms with Crippen LogP contribution in [0.2, 0.25) is 0 Å². The largest absolute Gasteiger partial charge is 0.484 e. The molecule has 29 heavy (non-hydrogen) atoms. The number of hydrogen-bond acceptors (Lipinski definition) is 3. The number of carbonyl (C=O) groups is 2. The van der Waals surface area contributed by atoms with Crippen molar-refractivity contribution in [2.75, 3.05) is 26.7 Å². The van der Waals surface area contributed by atoms with E-state index in [9.17, 15) is 9.59 Å². The minimum absolute atomic E-state index is 0.0628. The van der Waals surface area contributed by atoms with Gasteiger partial charge in [0.15, 0.2) is 6.61 Å². The highest BCUT2D eigenvalue weighted by Gasteiger charge is 2.23. The molecule has 2 aromatic rings. The van der Waals surface area contributed by atoms with Crippen LogP contribution in [0.3, 0.4) is 0 Å². The van der Waals surface area contributed by atoms with E-state index in [1.807, 2.05) is 35.2 Å². The summed E-state index contributed by atoms with van der Waals surface area (Å²) >= 11 is 0. The van der Waals surface area contributed by atoms with Gasteiger partial charge in [0.2, 0.25) is 5.91 Å². The minimum Gasteiger partial charge on any atom is -0.484 e. The van der Waals surface area contributed by atoms with Gasteiger partial charge in [-0.05, 0) is 54.9 Å². The van der Waals surface area contributed by atoms with Crippen LogP contribution in [0.15, 0.2) is 54.6 Å². The third-order valence-corrected chi connectivity index (χ3v) is 5.54. The van der Waals surface area contributed by atoms with Gasteiger partial charge < -0.3 is 15.0 Å². The van der Waals surface area contributed by atoms with Crippen LogP contribution in [-0.4, -0.2) is 43.5 Å². The number of piperidine rings is 1. The number of benzene rings is 2. The highest BCUT2D eigenvalue weighted by Crippen LogP contribution is 2.22. The maximum Gasteiger partial charge on any atom is 0.260 e. The number of para-hydroxylation sites is 1. The van der Waals surface area contributed by atoms with E-state index < -0.39 is 0 Å². The van der Waals surface area contributed by atoms with E-state index >= 15 is 0 Å². The van der Waals surface area contributed by atoms with Crippen molar-refractivity contribution in [2.24, 2.45) is 5.92 Å². The summed E-state index contributed by atoms with van der Waals surface area (Å²) in [6.07, 6.45) is 4.38. The molecule has 0 radical (unpaired) electrons. The van der Waals surface area contributed by atoms with E-state index in [1.165, 1.54) is 11.1 Å². The van der Waals surface area contributed by atoms with Crippen LogP contribution in [0.25, 0.3) is 0 Å². The zero-order valence-corrected chi connectivity index (χ0v) is 17.1. The molecule has 5 heteroatoms. The number of nitrogens with zero attached hydrogens (tertiary/aromatic N) is 1. The first-order valence-electron chi connectivity index (χ1n) is 10.4. The summed E-state index contributed by atoms with van der Waals surface area (Å²) in [5.74, 6) is 1.47. The van der Waals surface area contributed by atoms with Gasteiger partial charge in [-0.25, -0.2) is 0 Å². The molecule has 1 N–H and O–H groups in total. The molecule has 1 fully saturated rings. The Morgan fingerprint density at radius 3 is 2.31 bits per heavy atom. The molecule has 0 saturated carbocycles. The molecule has 0 aliphatic carbocycles. The molecule has 0 bridgehead atoms. The first-order valence-corrected chi connectivity index (χ1v) is 10.4. The Labute approximate surface area is 173 Å². The predicted molar refractivity (Wildman–Crippen MR) is 114 cm³/mol. The van der Waals surface area contributed by atoms with Crippen LogP contribution in [0.4, 0.5) is 0 Å². The third kappa shape index (κ3) is 6.63. The number of amides is 2. The smallest absolute Gasteiger partial charge is 0.260 e. The highest BCUT2D eigenvalue weighted by molar-refractivity contribution is 5.77. The van der Waals surface area contributed by atoms with E-state index in [2.05, 4.69) is 29.6 Å². The second-order valence-electron chi connectivity index (χ2n) is 7.62. The van der Waals surface area contributed by atoms with Crippen molar-refractivity contribution in [1.82, 2.24) is 10.2 Å². The Kier molecular flexibility index (Phi) is 7.68. The van der Waals surface area contributed by atoms with Crippen molar-refractivity contribution in [2.45, 2.75) is 32.1 Å². The lowest BCUT2D eigenvalue weighted by atomic mass is 9.89. The molecule has 1 heterocycles. The third-order valence-electron chi connectivity index (χ3n) is 5.54. The quantitative estimate of drug-likeness (QED) is 0.748. The predicted octanol–water partition coefficient (Wildman–Crippen LogP) is 3.23. The van der Waals surface area contributed by atoms with Gasteiger partial charge in [0.1, 0.15) is 5.75 Å². The maximum atomic E-state index is 12.4. The lowest BCUT2D eigenvalue weighted by molar-refractivity contribution is -0.134. The SMILES string of the molecule is CNC(=O)CCc1ccc(CC2CCN(C(=O)COc3ccccc3)CC2)cc1. The fourth-order valence-corrected chi connectivity index (χ4v) is 3.70. The molecule has 154 valence electrons. The molecule has 1 saturated heterocycles. The molecule has 0 atom stereocenters. The molecule has 0 aromatic heterocycles.